The Kier molecular flexibility index (Phi) is 4.81. The number of hydrogen-bond acceptors (Lipinski definition) is 1. The fourth-order valence-electron chi connectivity index (χ4n) is 2.69. The van der Waals surface area contributed by atoms with Gasteiger partial charge in [-0.25, -0.2) is 0 Å². The summed E-state index contributed by atoms with van der Waals surface area (Å²) >= 11 is 0. The molecule has 1 N–H and O–H groups in total. The van der Waals surface area contributed by atoms with Crippen molar-refractivity contribution >= 4 is 0 Å². The average molecular weight is 229 g/mol. The van der Waals surface area contributed by atoms with Crippen molar-refractivity contribution in [2.45, 2.75) is 38.5 Å². The molecule has 92 valence electrons. The number of allylic oxidation sites excluding steroid dienone is 1. The molecule has 1 aliphatic carbocycles. The van der Waals surface area contributed by atoms with E-state index in [9.17, 15) is 0 Å². The molecule has 0 radical (unpaired) electrons. The van der Waals surface area contributed by atoms with E-state index in [1.54, 1.807) is 11.1 Å². The summed E-state index contributed by atoms with van der Waals surface area (Å²) in [5.74, 6) is 0.727. The van der Waals surface area contributed by atoms with E-state index >= 15 is 0 Å². The van der Waals surface area contributed by atoms with Crippen molar-refractivity contribution in [3.63, 3.8) is 0 Å². The second-order valence-corrected chi connectivity index (χ2v) is 4.85. The van der Waals surface area contributed by atoms with Gasteiger partial charge >= 0.3 is 0 Å². The molecular formula is C16H23N. The van der Waals surface area contributed by atoms with Gasteiger partial charge in [0.05, 0.1) is 0 Å². The first-order valence-electron chi connectivity index (χ1n) is 6.81. The summed E-state index contributed by atoms with van der Waals surface area (Å²) in [5, 5.41) is 3.58. The zero-order chi connectivity index (χ0) is 11.9. The van der Waals surface area contributed by atoms with E-state index in [1.807, 2.05) is 0 Å². The highest BCUT2D eigenvalue weighted by atomic mass is 14.9. The third-order valence-electron chi connectivity index (χ3n) is 3.61. The SMILES string of the molecule is C/C=C/CCNCC1CCCc2ccccc21. The minimum atomic E-state index is 0.727. The Balaban J connectivity index is 1.86. The van der Waals surface area contributed by atoms with Crippen molar-refractivity contribution in [3.8, 4) is 0 Å². The maximum atomic E-state index is 3.58. The van der Waals surface area contributed by atoms with Gasteiger partial charge in [-0.15, -0.1) is 0 Å². The molecule has 1 heteroatoms. The predicted octanol–water partition coefficient (Wildman–Crippen LogP) is 3.66. The van der Waals surface area contributed by atoms with Crippen LogP contribution in [0.1, 0.15) is 43.2 Å². The molecule has 2 rings (SSSR count). The molecular weight excluding hydrogens is 206 g/mol. The second kappa shape index (κ2) is 6.61. The molecule has 0 saturated heterocycles. The van der Waals surface area contributed by atoms with E-state index in [4.69, 9.17) is 0 Å². The van der Waals surface area contributed by atoms with Crippen LogP contribution >= 0.6 is 0 Å². The first kappa shape index (κ1) is 12.4. The van der Waals surface area contributed by atoms with Crippen LogP contribution in [0.15, 0.2) is 36.4 Å². The fourth-order valence-corrected chi connectivity index (χ4v) is 2.69. The Bertz CT molecular complexity index is 368. The molecule has 0 spiro atoms. The van der Waals surface area contributed by atoms with Crippen molar-refractivity contribution in [3.05, 3.63) is 47.5 Å². The summed E-state index contributed by atoms with van der Waals surface area (Å²) in [5.41, 5.74) is 3.15. The largest absolute Gasteiger partial charge is 0.316 e. The first-order chi connectivity index (χ1) is 8.42. The number of rotatable bonds is 5. The van der Waals surface area contributed by atoms with Gasteiger partial charge in [0.1, 0.15) is 0 Å². The normalized spacial score (nSPS) is 19.5. The third kappa shape index (κ3) is 3.44. The summed E-state index contributed by atoms with van der Waals surface area (Å²) in [6, 6.07) is 8.95. The Morgan fingerprint density at radius 1 is 1.35 bits per heavy atom. The Labute approximate surface area is 105 Å². The minimum absolute atomic E-state index is 0.727. The summed E-state index contributed by atoms with van der Waals surface area (Å²) in [6.07, 6.45) is 9.45. The molecule has 0 bridgehead atoms. The van der Waals surface area contributed by atoms with Crippen LogP contribution in [0.2, 0.25) is 0 Å². The first-order valence-corrected chi connectivity index (χ1v) is 6.81. The van der Waals surface area contributed by atoms with E-state index in [0.717, 1.165) is 25.4 Å². The van der Waals surface area contributed by atoms with Crippen molar-refractivity contribution in [1.29, 1.82) is 0 Å². The molecule has 1 aromatic carbocycles. The van der Waals surface area contributed by atoms with E-state index in [1.165, 1.54) is 19.3 Å². The van der Waals surface area contributed by atoms with Crippen molar-refractivity contribution < 1.29 is 0 Å². The molecule has 0 aliphatic heterocycles. The zero-order valence-electron chi connectivity index (χ0n) is 10.8. The molecule has 0 saturated carbocycles. The lowest BCUT2D eigenvalue weighted by atomic mass is 9.83. The Hall–Kier alpha value is -1.08. The number of hydrogen-bond donors (Lipinski definition) is 1. The molecule has 1 nitrogen and oxygen atoms in total. The molecule has 0 fully saturated rings. The van der Waals surface area contributed by atoms with Crippen molar-refractivity contribution in [1.82, 2.24) is 5.32 Å². The number of benzene rings is 1. The molecule has 1 aliphatic rings. The minimum Gasteiger partial charge on any atom is -0.316 e. The number of fused-ring (bicyclic) bond motifs is 1. The van der Waals surface area contributed by atoms with Crippen LogP contribution in [-0.2, 0) is 6.42 Å². The predicted molar refractivity (Wildman–Crippen MR) is 74.4 cm³/mol. The van der Waals surface area contributed by atoms with Crippen LogP contribution in [0.4, 0.5) is 0 Å². The molecule has 0 amide bonds. The van der Waals surface area contributed by atoms with E-state index in [0.29, 0.717) is 0 Å². The molecule has 0 aromatic heterocycles. The standard InChI is InChI=1S/C16H23N/c1-2-3-6-12-17-13-15-10-7-9-14-8-4-5-11-16(14)15/h2-5,8,11,15,17H,6-7,9-10,12-13H2,1H3/b3-2+. The lowest BCUT2D eigenvalue weighted by molar-refractivity contribution is 0.510. The summed E-state index contributed by atoms with van der Waals surface area (Å²) < 4.78 is 0. The highest BCUT2D eigenvalue weighted by Crippen LogP contribution is 2.30. The average Bonchev–Trinajstić information content (AvgIpc) is 2.39. The molecule has 1 unspecified atom stereocenters. The molecule has 17 heavy (non-hydrogen) atoms. The summed E-state index contributed by atoms with van der Waals surface area (Å²) in [6.45, 7) is 4.31. The Morgan fingerprint density at radius 3 is 3.12 bits per heavy atom. The van der Waals surface area contributed by atoms with E-state index in [2.05, 4.69) is 48.7 Å². The van der Waals surface area contributed by atoms with Gasteiger partial charge < -0.3 is 5.32 Å². The monoisotopic (exact) mass is 229 g/mol. The lowest BCUT2D eigenvalue weighted by Crippen LogP contribution is -2.25. The third-order valence-corrected chi connectivity index (χ3v) is 3.61. The zero-order valence-corrected chi connectivity index (χ0v) is 10.8. The highest BCUT2D eigenvalue weighted by Gasteiger charge is 2.18. The van der Waals surface area contributed by atoms with Crippen LogP contribution in [0.25, 0.3) is 0 Å². The quantitative estimate of drug-likeness (QED) is 0.600. The van der Waals surface area contributed by atoms with Gasteiger partial charge in [-0.3, -0.25) is 0 Å². The number of aryl methyl sites for hydroxylation is 1. The Morgan fingerprint density at radius 2 is 2.24 bits per heavy atom. The van der Waals surface area contributed by atoms with Crippen LogP contribution in [0, 0.1) is 0 Å². The van der Waals surface area contributed by atoms with Gasteiger partial charge in [-0.1, -0.05) is 36.4 Å². The molecule has 1 aromatic rings. The smallest absolute Gasteiger partial charge is 0.00203 e. The van der Waals surface area contributed by atoms with E-state index in [-0.39, 0.29) is 0 Å². The van der Waals surface area contributed by atoms with Crippen LogP contribution in [0.3, 0.4) is 0 Å². The van der Waals surface area contributed by atoms with Crippen molar-refractivity contribution in [2.75, 3.05) is 13.1 Å². The van der Waals surface area contributed by atoms with Crippen LogP contribution in [0.5, 0.6) is 0 Å². The lowest BCUT2D eigenvalue weighted by Gasteiger charge is -2.25. The van der Waals surface area contributed by atoms with Gasteiger partial charge in [0.25, 0.3) is 0 Å². The van der Waals surface area contributed by atoms with Gasteiger partial charge in [0.15, 0.2) is 0 Å². The van der Waals surface area contributed by atoms with E-state index < -0.39 is 0 Å². The number of nitrogens with one attached hydrogen (secondary N) is 1. The molecule has 0 heterocycles. The summed E-state index contributed by atoms with van der Waals surface area (Å²) in [7, 11) is 0. The summed E-state index contributed by atoms with van der Waals surface area (Å²) in [4.78, 5) is 0. The van der Waals surface area contributed by atoms with Gasteiger partial charge in [-0.05, 0) is 56.2 Å². The second-order valence-electron chi connectivity index (χ2n) is 4.85. The molecule has 1 atom stereocenters. The maximum absolute atomic E-state index is 3.58. The topological polar surface area (TPSA) is 12.0 Å². The highest BCUT2D eigenvalue weighted by molar-refractivity contribution is 5.32. The van der Waals surface area contributed by atoms with Crippen LogP contribution in [-0.4, -0.2) is 13.1 Å². The van der Waals surface area contributed by atoms with Gasteiger partial charge in [-0.2, -0.15) is 0 Å². The fraction of sp³-hybridized carbons (Fsp3) is 0.500. The van der Waals surface area contributed by atoms with Gasteiger partial charge in [0.2, 0.25) is 0 Å². The van der Waals surface area contributed by atoms with Crippen molar-refractivity contribution in [2.24, 2.45) is 0 Å². The van der Waals surface area contributed by atoms with Crippen LogP contribution < -0.4 is 5.32 Å². The maximum Gasteiger partial charge on any atom is 0.00203 e. The van der Waals surface area contributed by atoms with Gasteiger partial charge in [0, 0.05) is 6.54 Å².